The summed E-state index contributed by atoms with van der Waals surface area (Å²) in [5.41, 5.74) is 2.94. The minimum atomic E-state index is -4.19. The monoisotopic (exact) mass is 585 g/mol. The molecule has 0 saturated heterocycles. The maximum atomic E-state index is 14.0. The highest BCUT2D eigenvalue weighted by Crippen LogP contribution is 2.32. The van der Waals surface area contributed by atoms with Crippen LogP contribution < -0.4 is 14.4 Å². The fraction of sp³-hybridized carbons (Fsp3) is 0.333. The van der Waals surface area contributed by atoms with Crippen LogP contribution in [-0.4, -0.2) is 50.9 Å². The van der Waals surface area contributed by atoms with Gasteiger partial charge in [0, 0.05) is 12.6 Å². The highest BCUT2D eigenvalue weighted by molar-refractivity contribution is 7.92. The number of hydrogen-bond donors (Lipinski definition) is 1. The van der Waals surface area contributed by atoms with Gasteiger partial charge in [-0.15, -0.1) is 0 Å². The molecular weight excluding hydrogens is 550 g/mol. The zero-order valence-electron chi connectivity index (χ0n) is 23.6. The van der Waals surface area contributed by atoms with Crippen LogP contribution in [0.3, 0.4) is 0 Å². The Bertz CT molecular complexity index is 1440. The van der Waals surface area contributed by atoms with Crippen LogP contribution in [-0.2, 0) is 26.2 Å². The van der Waals surface area contributed by atoms with Crippen molar-refractivity contribution in [3.8, 4) is 5.75 Å². The maximum absolute atomic E-state index is 14.0. The first kappa shape index (κ1) is 31.0. The third kappa shape index (κ3) is 7.55. The quantitative estimate of drug-likeness (QED) is 0.338. The summed E-state index contributed by atoms with van der Waals surface area (Å²) < 4.78 is 34.1. The van der Waals surface area contributed by atoms with Crippen LogP contribution in [0.15, 0.2) is 71.6 Å². The van der Waals surface area contributed by atoms with Gasteiger partial charge in [-0.1, -0.05) is 59.1 Å². The molecule has 1 N–H and O–H groups in total. The van der Waals surface area contributed by atoms with Gasteiger partial charge in [0.15, 0.2) is 0 Å². The number of halogens is 1. The lowest BCUT2D eigenvalue weighted by atomic mass is 10.1. The molecule has 0 fully saturated rings. The van der Waals surface area contributed by atoms with E-state index in [4.69, 9.17) is 16.3 Å². The van der Waals surface area contributed by atoms with Crippen LogP contribution in [0.4, 0.5) is 5.69 Å². The number of nitrogens with one attached hydrogen (secondary N) is 1. The molecule has 2 amide bonds. The summed E-state index contributed by atoms with van der Waals surface area (Å²) in [6, 6.07) is 17.5. The molecular formula is C30H36ClN3O5S. The van der Waals surface area contributed by atoms with E-state index < -0.39 is 28.5 Å². The van der Waals surface area contributed by atoms with Crippen LogP contribution in [0.5, 0.6) is 5.75 Å². The zero-order valence-corrected chi connectivity index (χ0v) is 25.2. The number of hydrogen-bond acceptors (Lipinski definition) is 5. The van der Waals surface area contributed by atoms with E-state index >= 15 is 0 Å². The third-order valence-electron chi connectivity index (χ3n) is 6.38. The molecule has 0 heterocycles. The van der Waals surface area contributed by atoms with E-state index in [0.717, 1.165) is 21.0 Å². The normalized spacial score (nSPS) is 12.1. The first-order valence-electron chi connectivity index (χ1n) is 12.9. The molecule has 1 atom stereocenters. The molecule has 0 spiro atoms. The number of benzene rings is 3. The molecule has 0 aliphatic carbocycles. The summed E-state index contributed by atoms with van der Waals surface area (Å²) in [4.78, 5) is 28.4. The number of nitrogens with zero attached hydrogens (tertiary/aromatic N) is 2. The molecule has 214 valence electrons. The zero-order chi connectivity index (χ0) is 29.6. The summed E-state index contributed by atoms with van der Waals surface area (Å²) in [5, 5.41) is 3.04. The van der Waals surface area contributed by atoms with Crippen molar-refractivity contribution in [3.05, 3.63) is 88.4 Å². The van der Waals surface area contributed by atoms with Crippen molar-refractivity contribution in [1.29, 1.82) is 0 Å². The molecule has 8 nitrogen and oxygen atoms in total. The van der Waals surface area contributed by atoms with E-state index in [0.29, 0.717) is 5.75 Å². The Hall–Kier alpha value is -3.56. The van der Waals surface area contributed by atoms with Crippen LogP contribution in [0, 0.1) is 13.8 Å². The molecule has 40 heavy (non-hydrogen) atoms. The average molecular weight is 586 g/mol. The number of anilines is 1. The molecule has 10 heteroatoms. The van der Waals surface area contributed by atoms with Crippen molar-refractivity contribution in [2.45, 2.75) is 58.1 Å². The number of rotatable bonds is 11. The van der Waals surface area contributed by atoms with Gasteiger partial charge in [-0.05, 0) is 70.5 Å². The Balaban J connectivity index is 2.06. The standard InChI is InChI=1S/C30H36ClN3O5S/c1-20(2)32-30(36)23(5)33(18-24-11-7-21(3)8-12-24)29(35)19-34(25-13-16-28(39-6)27(31)17-25)40(37,38)26-14-9-22(4)10-15-26/h7-17,20,23H,18-19H2,1-6H3,(H,32,36)/t23-/m1/s1. The topological polar surface area (TPSA) is 96.0 Å². The van der Waals surface area contributed by atoms with Crippen LogP contribution >= 0.6 is 11.6 Å². The summed E-state index contributed by atoms with van der Waals surface area (Å²) in [6.07, 6.45) is 0. The van der Waals surface area contributed by atoms with Crippen LogP contribution in [0.2, 0.25) is 5.02 Å². The summed E-state index contributed by atoms with van der Waals surface area (Å²) in [5.74, 6) is -0.519. The molecule has 0 aliphatic heterocycles. The van der Waals surface area contributed by atoms with Gasteiger partial charge in [-0.25, -0.2) is 8.42 Å². The molecule has 0 unspecified atom stereocenters. The van der Waals surface area contributed by atoms with E-state index in [-0.39, 0.29) is 34.1 Å². The predicted octanol–water partition coefficient (Wildman–Crippen LogP) is 5.10. The lowest BCUT2D eigenvalue weighted by Gasteiger charge is -2.32. The van der Waals surface area contributed by atoms with Crippen molar-refractivity contribution in [1.82, 2.24) is 10.2 Å². The van der Waals surface area contributed by atoms with Gasteiger partial charge in [-0.2, -0.15) is 0 Å². The Morgan fingerprint density at radius 1 is 0.925 bits per heavy atom. The van der Waals surface area contributed by atoms with Crippen molar-refractivity contribution in [2.24, 2.45) is 0 Å². The molecule has 3 aromatic rings. The number of sulfonamides is 1. The van der Waals surface area contributed by atoms with E-state index in [1.54, 1.807) is 25.1 Å². The van der Waals surface area contributed by atoms with E-state index in [2.05, 4.69) is 5.32 Å². The molecule has 0 aromatic heterocycles. The second kappa shape index (κ2) is 13.2. The Morgan fingerprint density at radius 3 is 2.02 bits per heavy atom. The minimum Gasteiger partial charge on any atom is -0.495 e. The Labute approximate surface area is 241 Å². The van der Waals surface area contributed by atoms with E-state index in [1.807, 2.05) is 52.0 Å². The van der Waals surface area contributed by atoms with Crippen molar-refractivity contribution in [3.63, 3.8) is 0 Å². The summed E-state index contributed by atoms with van der Waals surface area (Å²) in [6.45, 7) is 8.68. The van der Waals surface area contributed by atoms with E-state index in [9.17, 15) is 18.0 Å². The number of carbonyl (C=O) groups excluding carboxylic acids is 2. The first-order valence-corrected chi connectivity index (χ1v) is 14.7. The molecule has 0 radical (unpaired) electrons. The second-order valence-corrected chi connectivity index (χ2v) is 12.3. The van der Waals surface area contributed by atoms with Crippen LogP contribution in [0.25, 0.3) is 0 Å². The summed E-state index contributed by atoms with van der Waals surface area (Å²) in [7, 11) is -2.74. The van der Waals surface area contributed by atoms with Gasteiger partial charge in [0.1, 0.15) is 18.3 Å². The number of carbonyl (C=O) groups is 2. The fourth-order valence-corrected chi connectivity index (χ4v) is 5.71. The average Bonchev–Trinajstić information content (AvgIpc) is 2.90. The van der Waals surface area contributed by atoms with E-state index in [1.165, 1.54) is 36.3 Å². The van der Waals surface area contributed by atoms with Gasteiger partial charge in [0.25, 0.3) is 10.0 Å². The number of amides is 2. The molecule has 3 rings (SSSR count). The van der Waals surface area contributed by atoms with Gasteiger partial charge in [0.05, 0.1) is 22.7 Å². The Kier molecular flexibility index (Phi) is 10.2. The molecule has 0 bridgehead atoms. The van der Waals surface area contributed by atoms with Crippen LogP contribution in [0.1, 0.15) is 37.5 Å². The molecule has 3 aromatic carbocycles. The Morgan fingerprint density at radius 2 is 1.50 bits per heavy atom. The highest BCUT2D eigenvalue weighted by atomic mass is 35.5. The van der Waals surface area contributed by atoms with Crippen molar-refractivity contribution in [2.75, 3.05) is 18.0 Å². The highest BCUT2D eigenvalue weighted by Gasteiger charge is 2.33. The van der Waals surface area contributed by atoms with Gasteiger partial charge in [-0.3, -0.25) is 13.9 Å². The lowest BCUT2D eigenvalue weighted by Crippen LogP contribution is -2.52. The maximum Gasteiger partial charge on any atom is 0.264 e. The van der Waals surface area contributed by atoms with Gasteiger partial charge < -0.3 is 15.0 Å². The fourth-order valence-electron chi connectivity index (χ4n) is 4.05. The van der Waals surface area contributed by atoms with Gasteiger partial charge in [0.2, 0.25) is 11.8 Å². The summed E-state index contributed by atoms with van der Waals surface area (Å²) >= 11 is 6.36. The third-order valence-corrected chi connectivity index (χ3v) is 8.47. The van der Waals surface area contributed by atoms with Crippen molar-refractivity contribution >= 4 is 39.1 Å². The lowest BCUT2D eigenvalue weighted by molar-refractivity contribution is -0.139. The SMILES string of the molecule is COc1ccc(N(CC(=O)N(Cc2ccc(C)cc2)[C@H](C)C(=O)NC(C)C)S(=O)(=O)c2ccc(C)cc2)cc1Cl. The second-order valence-electron chi connectivity index (χ2n) is 9.99. The largest absolute Gasteiger partial charge is 0.495 e. The van der Waals surface area contributed by atoms with Crippen molar-refractivity contribution < 1.29 is 22.7 Å². The predicted molar refractivity (Wildman–Crippen MR) is 158 cm³/mol. The van der Waals surface area contributed by atoms with Gasteiger partial charge >= 0.3 is 0 Å². The smallest absolute Gasteiger partial charge is 0.264 e. The number of ether oxygens (including phenoxy) is 1. The molecule has 0 saturated carbocycles. The number of methoxy groups -OCH3 is 1. The molecule has 0 aliphatic rings. The number of aryl methyl sites for hydroxylation is 2. The first-order chi connectivity index (χ1) is 18.8. The minimum absolute atomic E-state index is 0.0218.